The first-order valence-electron chi connectivity index (χ1n) is 14.2. The van der Waals surface area contributed by atoms with E-state index in [4.69, 9.17) is 9.47 Å². The van der Waals surface area contributed by atoms with E-state index in [-0.39, 0.29) is 11.4 Å². The average Bonchev–Trinajstić information content (AvgIpc) is 3.11. The number of hydrogen-bond donors (Lipinski definition) is 0. The fourth-order valence-corrected chi connectivity index (χ4v) is 11.0. The molecule has 5 aliphatic rings. The zero-order chi connectivity index (χ0) is 24.7. The van der Waals surface area contributed by atoms with E-state index >= 15 is 0 Å². The molecule has 0 unspecified atom stereocenters. The predicted molar refractivity (Wildman–Crippen MR) is 137 cm³/mol. The lowest BCUT2D eigenvalue weighted by Crippen LogP contribution is -2.65. The molecule has 4 saturated carbocycles. The van der Waals surface area contributed by atoms with Crippen molar-refractivity contribution in [2.24, 2.45) is 50.7 Å². The zero-order valence-corrected chi connectivity index (χ0v) is 23.1. The molecule has 1 aliphatic heterocycles. The fraction of sp³-hybridized carbons (Fsp3) is 0.903. The molecule has 5 rings (SSSR count). The standard InChI is InChI=1S/C31H50O3/c1-20(2)21-11-14-30(7)23(28(21,5)13-12-24(32)33-8)10-9-22-25-26-27(3,4)15-17-31(25,19-34-26)18-16-29(22,30)6/h21-23,25-26H,1,9-19H2,2-8H3/t21-,22+,23+,25-,26+,28-,29+,30+,31+/m0/s1. The number of carbonyl (C=O) groups excluding carboxylic acids is 1. The molecular weight excluding hydrogens is 420 g/mol. The average molecular weight is 471 g/mol. The molecule has 0 aromatic rings. The van der Waals surface area contributed by atoms with Gasteiger partial charge < -0.3 is 9.47 Å². The van der Waals surface area contributed by atoms with Gasteiger partial charge in [-0.05, 0) is 115 Å². The fourth-order valence-electron chi connectivity index (χ4n) is 11.0. The van der Waals surface area contributed by atoms with Gasteiger partial charge in [-0.1, -0.05) is 46.8 Å². The van der Waals surface area contributed by atoms with Gasteiger partial charge in [0.25, 0.3) is 0 Å². The van der Waals surface area contributed by atoms with Crippen LogP contribution >= 0.6 is 0 Å². The molecule has 0 radical (unpaired) electrons. The van der Waals surface area contributed by atoms with Crippen molar-refractivity contribution < 1.29 is 14.3 Å². The van der Waals surface area contributed by atoms with Gasteiger partial charge in [0.15, 0.2) is 0 Å². The summed E-state index contributed by atoms with van der Waals surface area (Å²) in [5, 5.41) is 0. The van der Waals surface area contributed by atoms with Crippen LogP contribution in [0.2, 0.25) is 0 Å². The molecule has 1 heterocycles. The minimum atomic E-state index is -0.0633. The number of carbonyl (C=O) groups is 1. The van der Waals surface area contributed by atoms with Gasteiger partial charge in [0.1, 0.15) is 0 Å². The Labute approximate surface area is 208 Å². The van der Waals surface area contributed by atoms with E-state index in [2.05, 4.69) is 48.1 Å². The van der Waals surface area contributed by atoms with Gasteiger partial charge >= 0.3 is 5.97 Å². The van der Waals surface area contributed by atoms with E-state index in [0.717, 1.165) is 24.9 Å². The molecule has 3 nitrogen and oxygen atoms in total. The molecule has 0 aromatic heterocycles. The molecule has 0 aromatic carbocycles. The van der Waals surface area contributed by atoms with Gasteiger partial charge in [0.2, 0.25) is 0 Å². The highest BCUT2D eigenvalue weighted by atomic mass is 16.5. The maximum absolute atomic E-state index is 12.2. The molecule has 4 aliphatic carbocycles. The molecule has 192 valence electrons. The minimum absolute atomic E-state index is 0.0633. The van der Waals surface area contributed by atoms with E-state index in [0.29, 0.717) is 46.0 Å². The first-order chi connectivity index (χ1) is 15.8. The Morgan fingerprint density at radius 2 is 1.68 bits per heavy atom. The first-order valence-corrected chi connectivity index (χ1v) is 14.2. The summed E-state index contributed by atoms with van der Waals surface area (Å²) in [6.07, 6.45) is 12.4. The van der Waals surface area contributed by atoms with Crippen molar-refractivity contribution in [3.8, 4) is 0 Å². The van der Waals surface area contributed by atoms with Crippen LogP contribution in [0.1, 0.15) is 106 Å². The second-order valence-electron chi connectivity index (χ2n) is 14.7. The number of methoxy groups -OCH3 is 1. The third-order valence-electron chi connectivity index (χ3n) is 13.1. The number of allylic oxidation sites excluding steroid dienone is 1. The largest absolute Gasteiger partial charge is 0.469 e. The molecule has 34 heavy (non-hydrogen) atoms. The summed E-state index contributed by atoms with van der Waals surface area (Å²) >= 11 is 0. The van der Waals surface area contributed by atoms with Gasteiger partial charge in [-0.2, -0.15) is 0 Å². The van der Waals surface area contributed by atoms with Crippen LogP contribution in [-0.2, 0) is 14.3 Å². The lowest BCUT2D eigenvalue weighted by Gasteiger charge is -2.71. The van der Waals surface area contributed by atoms with Crippen LogP contribution < -0.4 is 0 Å². The number of fused-ring (bicyclic) bond motifs is 3. The maximum Gasteiger partial charge on any atom is 0.305 e. The molecule has 3 heteroatoms. The van der Waals surface area contributed by atoms with Gasteiger partial charge in [0.05, 0.1) is 19.8 Å². The Morgan fingerprint density at radius 1 is 0.971 bits per heavy atom. The van der Waals surface area contributed by atoms with Crippen molar-refractivity contribution in [2.75, 3.05) is 13.7 Å². The van der Waals surface area contributed by atoms with E-state index in [1.807, 2.05) is 0 Å². The predicted octanol–water partition coefficient (Wildman–Crippen LogP) is 7.59. The Balaban J connectivity index is 1.52. The Hall–Kier alpha value is -0.830. The second kappa shape index (κ2) is 7.83. The number of esters is 1. The minimum Gasteiger partial charge on any atom is -0.469 e. The second-order valence-corrected chi connectivity index (χ2v) is 14.7. The van der Waals surface area contributed by atoms with Crippen molar-refractivity contribution in [3.63, 3.8) is 0 Å². The zero-order valence-electron chi connectivity index (χ0n) is 23.1. The third kappa shape index (κ3) is 3.13. The van der Waals surface area contributed by atoms with Gasteiger partial charge in [-0.3, -0.25) is 4.79 Å². The first kappa shape index (κ1) is 24.8. The van der Waals surface area contributed by atoms with Crippen LogP contribution in [0, 0.1) is 50.7 Å². The van der Waals surface area contributed by atoms with Crippen molar-refractivity contribution in [3.05, 3.63) is 12.2 Å². The molecule has 5 fully saturated rings. The molecule has 9 atom stereocenters. The number of ether oxygens (including phenoxy) is 2. The summed E-state index contributed by atoms with van der Waals surface area (Å²) in [6, 6.07) is 0. The number of hydrogen-bond acceptors (Lipinski definition) is 3. The van der Waals surface area contributed by atoms with Crippen LogP contribution in [-0.4, -0.2) is 25.8 Å². The van der Waals surface area contributed by atoms with Crippen molar-refractivity contribution in [1.29, 1.82) is 0 Å². The van der Waals surface area contributed by atoms with Gasteiger partial charge in [0, 0.05) is 6.42 Å². The van der Waals surface area contributed by atoms with Crippen LogP contribution in [0.5, 0.6) is 0 Å². The van der Waals surface area contributed by atoms with Crippen LogP contribution in [0.25, 0.3) is 0 Å². The summed E-state index contributed by atoms with van der Waals surface area (Å²) < 4.78 is 11.8. The summed E-state index contributed by atoms with van der Waals surface area (Å²) in [6.45, 7) is 20.4. The Kier molecular flexibility index (Phi) is 5.72. The van der Waals surface area contributed by atoms with Crippen LogP contribution in [0.15, 0.2) is 12.2 Å². The van der Waals surface area contributed by atoms with E-state index in [9.17, 15) is 4.79 Å². The van der Waals surface area contributed by atoms with Gasteiger partial charge in [-0.15, -0.1) is 0 Å². The van der Waals surface area contributed by atoms with Crippen molar-refractivity contribution in [2.45, 2.75) is 112 Å². The van der Waals surface area contributed by atoms with E-state index in [1.54, 1.807) is 0 Å². The van der Waals surface area contributed by atoms with Crippen molar-refractivity contribution >= 4 is 5.97 Å². The highest BCUT2D eigenvalue weighted by Gasteiger charge is 2.71. The van der Waals surface area contributed by atoms with Crippen LogP contribution in [0.4, 0.5) is 0 Å². The molecule has 2 bridgehead atoms. The SMILES string of the molecule is C=C(C)[C@@H]1CC[C@]2(C)[C@H](CC[C@@H]3[C@H]4[C@H]5OC[C@@]4(CCC5(C)C)CC[C@]32C)[C@@]1(C)CCC(=O)OC. The summed E-state index contributed by atoms with van der Waals surface area (Å²) in [5.41, 5.74) is 2.80. The third-order valence-corrected chi connectivity index (χ3v) is 13.1. The highest BCUT2D eigenvalue weighted by molar-refractivity contribution is 5.69. The smallest absolute Gasteiger partial charge is 0.305 e. The Bertz CT molecular complexity index is 861. The maximum atomic E-state index is 12.2. The van der Waals surface area contributed by atoms with Crippen molar-refractivity contribution in [1.82, 2.24) is 0 Å². The topological polar surface area (TPSA) is 35.5 Å². The highest BCUT2D eigenvalue weighted by Crippen LogP contribution is 2.76. The lowest BCUT2D eigenvalue weighted by atomic mass is 9.33. The van der Waals surface area contributed by atoms with E-state index < -0.39 is 0 Å². The van der Waals surface area contributed by atoms with E-state index in [1.165, 1.54) is 64.0 Å². The molecule has 0 spiro atoms. The monoisotopic (exact) mass is 470 g/mol. The van der Waals surface area contributed by atoms with Crippen LogP contribution in [0.3, 0.4) is 0 Å². The quantitative estimate of drug-likeness (QED) is 0.314. The Morgan fingerprint density at radius 3 is 2.35 bits per heavy atom. The lowest BCUT2D eigenvalue weighted by molar-refractivity contribution is -0.224. The summed E-state index contributed by atoms with van der Waals surface area (Å²) in [5.74, 6) is 2.56. The molecule has 0 amide bonds. The summed E-state index contributed by atoms with van der Waals surface area (Å²) in [7, 11) is 1.53. The summed E-state index contributed by atoms with van der Waals surface area (Å²) in [4.78, 5) is 12.2. The molecule has 1 saturated heterocycles. The molecular formula is C31H50O3. The van der Waals surface area contributed by atoms with Gasteiger partial charge in [-0.25, -0.2) is 0 Å². The molecule has 0 N–H and O–H groups in total. The number of rotatable bonds is 4. The normalized spacial score (nSPS) is 51.1.